The van der Waals surface area contributed by atoms with Crippen molar-refractivity contribution in [3.05, 3.63) is 17.0 Å². The molecule has 0 saturated carbocycles. The maximum Gasteiger partial charge on any atom is 0.263 e. The van der Waals surface area contributed by atoms with Gasteiger partial charge in [0, 0.05) is 27.2 Å². The standard InChI is InChI=1S/C13H20N2O3S2/c1-10-6-8-15(9-7-10)20(17,18)12-5-4-11(19-12)13(16)14(2)3/h4-5,10H,6-9H2,1-3H3. The van der Waals surface area contributed by atoms with Crippen LogP contribution in [-0.2, 0) is 10.0 Å². The zero-order valence-electron chi connectivity index (χ0n) is 12.0. The minimum Gasteiger partial charge on any atom is -0.344 e. The molecular formula is C13H20N2O3S2. The summed E-state index contributed by atoms with van der Waals surface area (Å²) >= 11 is 1.05. The number of nitrogens with zero attached hydrogens (tertiary/aromatic N) is 2. The first-order valence-corrected chi connectivity index (χ1v) is 8.89. The highest BCUT2D eigenvalue weighted by Crippen LogP contribution is 2.28. The second kappa shape index (κ2) is 5.83. The first-order valence-electron chi connectivity index (χ1n) is 6.64. The van der Waals surface area contributed by atoms with Crippen LogP contribution in [0, 0.1) is 5.92 Å². The number of carbonyl (C=O) groups excluding carboxylic acids is 1. The summed E-state index contributed by atoms with van der Waals surface area (Å²) in [6.45, 7) is 3.28. The molecule has 1 amide bonds. The van der Waals surface area contributed by atoms with Gasteiger partial charge in [0.25, 0.3) is 15.9 Å². The minimum absolute atomic E-state index is 0.163. The number of hydrogen-bond acceptors (Lipinski definition) is 4. The van der Waals surface area contributed by atoms with Crippen molar-refractivity contribution in [1.82, 2.24) is 9.21 Å². The van der Waals surface area contributed by atoms with E-state index < -0.39 is 10.0 Å². The van der Waals surface area contributed by atoms with E-state index in [9.17, 15) is 13.2 Å². The normalized spacial score (nSPS) is 18.1. The van der Waals surface area contributed by atoms with Gasteiger partial charge in [0.2, 0.25) is 0 Å². The number of hydrogen-bond donors (Lipinski definition) is 0. The average Bonchev–Trinajstić information content (AvgIpc) is 2.88. The number of thiophene rings is 1. The molecule has 5 nitrogen and oxygen atoms in total. The first-order chi connectivity index (χ1) is 9.32. The van der Waals surface area contributed by atoms with Crippen molar-refractivity contribution in [1.29, 1.82) is 0 Å². The Bertz CT molecular complexity index is 585. The Labute approximate surface area is 124 Å². The van der Waals surface area contributed by atoms with Crippen molar-refractivity contribution >= 4 is 27.3 Å². The number of amides is 1. The average molecular weight is 316 g/mol. The fraction of sp³-hybridized carbons (Fsp3) is 0.615. The molecule has 0 N–H and O–H groups in total. The fourth-order valence-corrected chi connectivity index (χ4v) is 5.10. The highest BCUT2D eigenvalue weighted by molar-refractivity contribution is 7.91. The number of piperidine rings is 1. The molecule has 0 aromatic carbocycles. The summed E-state index contributed by atoms with van der Waals surface area (Å²) in [6.07, 6.45) is 1.79. The van der Waals surface area contributed by atoms with E-state index in [0.29, 0.717) is 23.9 Å². The molecule has 0 aliphatic carbocycles. The van der Waals surface area contributed by atoms with Crippen LogP contribution in [0.3, 0.4) is 0 Å². The van der Waals surface area contributed by atoms with Gasteiger partial charge < -0.3 is 4.90 Å². The van der Waals surface area contributed by atoms with Crippen LogP contribution >= 0.6 is 11.3 Å². The second-order valence-corrected chi connectivity index (χ2v) is 8.65. The van der Waals surface area contributed by atoms with E-state index in [2.05, 4.69) is 6.92 Å². The van der Waals surface area contributed by atoms with Gasteiger partial charge in [-0.2, -0.15) is 4.31 Å². The van der Waals surface area contributed by atoms with Gasteiger partial charge in [-0.1, -0.05) is 6.92 Å². The van der Waals surface area contributed by atoms with E-state index in [0.717, 1.165) is 24.2 Å². The Morgan fingerprint density at radius 1 is 1.30 bits per heavy atom. The van der Waals surface area contributed by atoms with E-state index in [1.165, 1.54) is 15.3 Å². The van der Waals surface area contributed by atoms with E-state index in [1.807, 2.05) is 0 Å². The zero-order chi connectivity index (χ0) is 14.9. The Balaban J connectivity index is 2.20. The van der Waals surface area contributed by atoms with E-state index in [-0.39, 0.29) is 10.1 Å². The first kappa shape index (κ1) is 15.5. The summed E-state index contributed by atoms with van der Waals surface area (Å²) in [4.78, 5) is 13.7. The van der Waals surface area contributed by atoms with Crippen LogP contribution in [0.1, 0.15) is 29.4 Å². The minimum atomic E-state index is -3.44. The van der Waals surface area contributed by atoms with Crippen molar-refractivity contribution in [2.75, 3.05) is 27.2 Å². The molecule has 1 aromatic rings. The maximum atomic E-state index is 12.5. The number of rotatable bonds is 3. The quantitative estimate of drug-likeness (QED) is 0.855. The third-order valence-corrected chi connectivity index (χ3v) is 6.97. The van der Waals surface area contributed by atoms with E-state index in [1.54, 1.807) is 20.2 Å². The monoisotopic (exact) mass is 316 g/mol. The Morgan fingerprint density at radius 2 is 1.90 bits per heavy atom. The van der Waals surface area contributed by atoms with Crippen LogP contribution in [0.4, 0.5) is 0 Å². The van der Waals surface area contributed by atoms with E-state index >= 15 is 0 Å². The van der Waals surface area contributed by atoms with Gasteiger partial charge >= 0.3 is 0 Å². The van der Waals surface area contributed by atoms with Gasteiger partial charge in [-0.3, -0.25) is 4.79 Å². The summed E-state index contributed by atoms with van der Waals surface area (Å²) in [5.41, 5.74) is 0. The molecule has 0 unspecified atom stereocenters. The lowest BCUT2D eigenvalue weighted by Gasteiger charge is -2.28. The highest BCUT2D eigenvalue weighted by atomic mass is 32.2. The molecule has 1 aromatic heterocycles. The van der Waals surface area contributed by atoms with Crippen molar-refractivity contribution in [2.45, 2.75) is 24.0 Å². The summed E-state index contributed by atoms with van der Waals surface area (Å²) in [6, 6.07) is 3.13. The summed E-state index contributed by atoms with van der Waals surface area (Å²) in [7, 11) is -0.133. The Kier molecular flexibility index (Phi) is 4.51. The molecule has 0 atom stereocenters. The Morgan fingerprint density at radius 3 is 2.45 bits per heavy atom. The third-order valence-electron chi connectivity index (χ3n) is 3.54. The summed E-state index contributed by atoms with van der Waals surface area (Å²) in [5.74, 6) is 0.416. The van der Waals surface area contributed by atoms with Crippen LogP contribution in [0.5, 0.6) is 0 Å². The molecule has 112 valence electrons. The topological polar surface area (TPSA) is 57.7 Å². The molecule has 0 bridgehead atoms. The summed E-state index contributed by atoms with van der Waals surface area (Å²) in [5, 5.41) is 0. The van der Waals surface area contributed by atoms with Gasteiger partial charge in [0.05, 0.1) is 4.88 Å². The molecule has 2 rings (SSSR count). The smallest absolute Gasteiger partial charge is 0.263 e. The second-order valence-electron chi connectivity index (χ2n) is 5.40. The Hall–Kier alpha value is -0.920. The van der Waals surface area contributed by atoms with Crippen LogP contribution in [-0.4, -0.2) is 50.7 Å². The number of carbonyl (C=O) groups is 1. The molecular weight excluding hydrogens is 296 g/mol. The molecule has 1 fully saturated rings. The maximum absolute atomic E-state index is 12.5. The molecule has 7 heteroatoms. The van der Waals surface area contributed by atoms with Crippen LogP contribution < -0.4 is 0 Å². The molecule has 1 saturated heterocycles. The molecule has 1 aliphatic rings. The SMILES string of the molecule is CC1CCN(S(=O)(=O)c2ccc(C(=O)N(C)C)s2)CC1. The lowest BCUT2D eigenvalue weighted by atomic mass is 10.0. The van der Waals surface area contributed by atoms with Gasteiger partial charge in [0.1, 0.15) is 4.21 Å². The lowest BCUT2D eigenvalue weighted by Crippen LogP contribution is -2.37. The van der Waals surface area contributed by atoms with Crippen molar-refractivity contribution in [3.63, 3.8) is 0 Å². The lowest BCUT2D eigenvalue weighted by molar-refractivity contribution is 0.0832. The van der Waals surface area contributed by atoms with Crippen LogP contribution in [0.15, 0.2) is 16.3 Å². The van der Waals surface area contributed by atoms with Gasteiger partial charge in [-0.25, -0.2) is 8.42 Å². The van der Waals surface area contributed by atoms with Crippen LogP contribution in [0.2, 0.25) is 0 Å². The van der Waals surface area contributed by atoms with E-state index in [4.69, 9.17) is 0 Å². The molecule has 2 heterocycles. The molecule has 1 aliphatic heterocycles. The highest BCUT2D eigenvalue weighted by Gasteiger charge is 2.29. The van der Waals surface area contributed by atoms with Crippen molar-refractivity contribution < 1.29 is 13.2 Å². The molecule has 20 heavy (non-hydrogen) atoms. The predicted octanol–water partition coefficient (Wildman–Crippen LogP) is 1.87. The van der Waals surface area contributed by atoms with Gasteiger partial charge in [-0.05, 0) is 30.9 Å². The molecule has 0 radical (unpaired) electrons. The van der Waals surface area contributed by atoms with Crippen molar-refractivity contribution in [2.24, 2.45) is 5.92 Å². The van der Waals surface area contributed by atoms with Crippen molar-refractivity contribution in [3.8, 4) is 0 Å². The zero-order valence-corrected chi connectivity index (χ0v) is 13.6. The van der Waals surface area contributed by atoms with Gasteiger partial charge in [-0.15, -0.1) is 11.3 Å². The van der Waals surface area contributed by atoms with Crippen LogP contribution in [0.25, 0.3) is 0 Å². The van der Waals surface area contributed by atoms with Gasteiger partial charge in [0.15, 0.2) is 0 Å². The fourth-order valence-electron chi connectivity index (χ4n) is 2.15. The largest absolute Gasteiger partial charge is 0.344 e. The predicted molar refractivity (Wildman–Crippen MR) is 79.5 cm³/mol. The third kappa shape index (κ3) is 3.05. The molecule has 0 spiro atoms. The summed E-state index contributed by atoms with van der Waals surface area (Å²) < 4.78 is 26.8. The number of sulfonamides is 1.